The highest BCUT2D eigenvalue weighted by Crippen LogP contribution is 2.25. The molecule has 2 N–H and O–H groups in total. The van der Waals surface area contributed by atoms with Crippen molar-refractivity contribution in [3.8, 4) is 11.1 Å². The lowest BCUT2D eigenvalue weighted by Gasteiger charge is -2.10. The van der Waals surface area contributed by atoms with E-state index in [0.29, 0.717) is 11.6 Å². The Hall–Kier alpha value is -1.84. The number of rotatable bonds is 5. The zero-order valence-corrected chi connectivity index (χ0v) is 11.1. The Labute approximate surface area is 117 Å². The van der Waals surface area contributed by atoms with E-state index in [9.17, 15) is 4.79 Å². The molecule has 4 heteroatoms. The van der Waals surface area contributed by atoms with E-state index in [1.165, 1.54) is 0 Å². The van der Waals surface area contributed by atoms with E-state index in [-0.39, 0.29) is 6.61 Å². The van der Waals surface area contributed by atoms with Crippen LogP contribution in [0.1, 0.15) is 5.56 Å². The Morgan fingerprint density at radius 2 is 1.79 bits per heavy atom. The van der Waals surface area contributed by atoms with Gasteiger partial charge in [-0.25, -0.2) is 0 Å². The molecule has 0 saturated carbocycles. The molecular formula is C15H14ClNO2. The Kier molecular flexibility index (Phi) is 4.55. The average Bonchev–Trinajstić information content (AvgIpc) is 2.40. The van der Waals surface area contributed by atoms with Gasteiger partial charge in [-0.1, -0.05) is 48.0 Å². The Morgan fingerprint density at radius 3 is 2.47 bits per heavy atom. The van der Waals surface area contributed by atoms with Gasteiger partial charge in [0.15, 0.2) is 0 Å². The molecule has 2 aromatic carbocycles. The fourth-order valence-electron chi connectivity index (χ4n) is 1.82. The highest BCUT2D eigenvalue weighted by Gasteiger charge is 2.05. The number of hydrogen-bond acceptors (Lipinski definition) is 2. The standard InChI is InChI=1S/C15H14ClNO2/c16-13-7-5-11(6-8-13)14-4-2-1-3-12(14)9-19-10-15(17)18/h1-8H,9-10H2,(H2,17,18). The monoisotopic (exact) mass is 275 g/mol. The molecule has 0 unspecified atom stereocenters. The number of primary amides is 1. The summed E-state index contributed by atoms with van der Waals surface area (Å²) >= 11 is 5.88. The van der Waals surface area contributed by atoms with Crippen molar-refractivity contribution < 1.29 is 9.53 Å². The van der Waals surface area contributed by atoms with Crippen LogP contribution in [0.5, 0.6) is 0 Å². The molecule has 3 nitrogen and oxygen atoms in total. The molecule has 0 aliphatic carbocycles. The summed E-state index contributed by atoms with van der Waals surface area (Å²) in [6.45, 7) is 0.274. The number of carbonyl (C=O) groups excluding carboxylic acids is 1. The van der Waals surface area contributed by atoms with Crippen LogP contribution in [0.3, 0.4) is 0 Å². The van der Waals surface area contributed by atoms with Gasteiger partial charge in [-0.15, -0.1) is 0 Å². The van der Waals surface area contributed by atoms with Crippen LogP contribution in [0, 0.1) is 0 Å². The second kappa shape index (κ2) is 6.36. The van der Waals surface area contributed by atoms with Gasteiger partial charge in [0.05, 0.1) is 6.61 Å². The van der Waals surface area contributed by atoms with E-state index in [0.717, 1.165) is 16.7 Å². The predicted molar refractivity (Wildman–Crippen MR) is 75.7 cm³/mol. The summed E-state index contributed by atoms with van der Waals surface area (Å²) in [5.74, 6) is -0.469. The SMILES string of the molecule is NC(=O)COCc1ccccc1-c1ccc(Cl)cc1. The van der Waals surface area contributed by atoms with Gasteiger partial charge in [-0.05, 0) is 28.8 Å². The number of nitrogens with two attached hydrogens (primary N) is 1. The lowest BCUT2D eigenvalue weighted by molar-refractivity contribution is -0.122. The Morgan fingerprint density at radius 1 is 1.11 bits per heavy atom. The first-order chi connectivity index (χ1) is 9.16. The normalized spacial score (nSPS) is 10.4. The molecular weight excluding hydrogens is 262 g/mol. The average molecular weight is 276 g/mol. The van der Waals surface area contributed by atoms with E-state index < -0.39 is 5.91 Å². The number of hydrogen-bond donors (Lipinski definition) is 1. The maximum atomic E-state index is 10.7. The fraction of sp³-hybridized carbons (Fsp3) is 0.133. The molecule has 0 bridgehead atoms. The van der Waals surface area contributed by atoms with Crippen LogP contribution in [-0.2, 0) is 16.1 Å². The van der Waals surface area contributed by atoms with E-state index in [2.05, 4.69) is 0 Å². The maximum Gasteiger partial charge on any atom is 0.243 e. The van der Waals surface area contributed by atoms with E-state index in [1.807, 2.05) is 48.5 Å². The van der Waals surface area contributed by atoms with E-state index in [1.54, 1.807) is 0 Å². The van der Waals surface area contributed by atoms with Crippen molar-refractivity contribution in [3.63, 3.8) is 0 Å². The minimum Gasteiger partial charge on any atom is -0.368 e. The molecule has 0 aliphatic heterocycles. The summed E-state index contributed by atoms with van der Waals surface area (Å²) < 4.78 is 5.27. The molecule has 0 fully saturated rings. The summed E-state index contributed by atoms with van der Waals surface area (Å²) in [4.78, 5) is 10.7. The third kappa shape index (κ3) is 3.81. The van der Waals surface area contributed by atoms with Crippen molar-refractivity contribution in [2.24, 2.45) is 5.73 Å². The molecule has 1 amide bonds. The zero-order chi connectivity index (χ0) is 13.7. The number of carbonyl (C=O) groups is 1. The molecule has 0 saturated heterocycles. The predicted octanol–water partition coefficient (Wildman–Crippen LogP) is 3.01. The third-order valence-corrected chi connectivity index (χ3v) is 2.93. The molecule has 0 aromatic heterocycles. The molecule has 2 rings (SSSR count). The highest BCUT2D eigenvalue weighted by atomic mass is 35.5. The van der Waals surface area contributed by atoms with Gasteiger partial charge in [-0.3, -0.25) is 4.79 Å². The van der Waals surface area contributed by atoms with Gasteiger partial charge >= 0.3 is 0 Å². The van der Waals surface area contributed by atoms with Crippen molar-refractivity contribution >= 4 is 17.5 Å². The number of benzene rings is 2. The number of ether oxygens (including phenoxy) is 1. The molecule has 2 aromatic rings. The van der Waals surface area contributed by atoms with Gasteiger partial charge < -0.3 is 10.5 Å². The van der Waals surface area contributed by atoms with E-state index >= 15 is 0 Å². The van der Waals surface area contributed by atoms with Crippen molar-refractivity contribution in [2.75, 3.05) is 6.61 Å². The van der Waals surface area contributed by atoms with Crippen molar-refractivity contribution in [3.05, 3.63) is 59.1 Å². The van der Waals surface area contributed by atoms with Crippen LogP contribution in [0.2, 0.25) is 5.02 Å². The van der Waals surface area contributed by atoms with Gasteiger partial charge in [-0.2, -0.15) is 0 Å². The highest BCUT2D eigenvalue weighted by molar-refractivity contribution is 6.30. The minimum atomic E-state index is -0.469. The van der Waals surface area contributed by atoms with Crippen LogP contribution in [0.4, 0.5) is 0 Å². The third-order valence-electron chi connectivity index (χ3n) is 2.67. The van der Waals surface area contributed by atoms with Crippen molar-refractivity contribution in [1.29, 1.82) is 0 Å². The number of amides is 1. The second-order valence-electron chi connectivity index (χ2n) is 4.12. The zero-order valence-electron chi connectivity index (χ0n) is 10.3. The summed E-state index contributed by atoms with van der Waals surface area (Å²) in [6.07, 6.45) is 0. The number of halogens is 1. The Bertz CT molecular complexity index is 567. The second-order valence-corrected chi connectivity index (χ2v) is 4.56. The molecule has 98 valence electrons. The first kappa shape index (κ1) is 13.6. The topological polar surface area (TPSA) is 52.3 Å². The first-order valence-electron chi connectivity index (χ1n) is 5.86. The lowest BCUT2D eigenvalue weighted by Crippen LogP contribution is -2.17. The smallest absolute Gasteiger partial charge is 0.243 e. The summed E-state index contributed by atoms with van der Waals surface area (Å²) in [5.41, 5.74) is 8.17. The summed E-state index contributed by atoms with van der Waals surface area (Å²) in [6, 6.07) is 15.5. The molecule has 0 heterocycles. The van der Waals surface area contributed by atoms with Crippen LogP contribution >= 0.6 is 11.6 Å². The van der Waals surface area contributed by atoms with Crippen LogP contribution in [0.15, 0.2) is 48.5 Å². The minimum absolute atomic E-state index is 0.0745. The van der Waals surface area contributed by atoms with Crippen LogP contribution < -0.4 is 5.73 Å². The van der Waals surface area contributed by atoms with Crippen molar-refractivity contribution in [1.82, 2.24) is 0 Å². The summed E-state index contributed by atoms with van der Waals surface area (Å²) in [5, 5.41) is 0.700. The quantitative estimate of drug-likeness (QED) is 0.912. The van der Waals surface area contributed by atoms with E-state index in [4.69, 9.17) is 22.1 Å². The molecule has 0 spiro atoms. The van der Waals surface area contributed by atoms with Gasteiger partial charge in [0.1, 0.15) is 6.61 Å². The molecule has 0 radical (unpaired) electrons. The van der Waals surface area contributed by atoms with Gasteiger partial charge in [0.25, 0.3) is 0 Å². The van der Waals surface area contributed by atoms with Crippen LogP contribution in [-0.4, -0.2) is 12.5 Å². The summed E-state index contributed by atoms with van der Waals surface area (Å²) in [7, 11) is 0. The fourth-order valence-corrected chi connectivity index (χ4v) is 1.94. The maximum absolute atomic E-state index is 10.7. The molecule has 0 aliphatic rings. The first-order valence-corrected chi connectivity index (χ1v) is 6.24. The largest absolute Gasteiger partial charge is 0.368 e. The molecule has 19 heavy (non-hydrogen) atoms. The van der Waals surface area contributed by atoms with Crippen molar-refractivity contribution in [2.45, 2.75) is 6.61 Å². The lowest BCUT2D eigenvalue weighted by atomic mass is 10.0. The molecule has 0 atom stereocenters. The van der Waals surface area contributed by atoms with Gasteiger partial charge in [0.2, 0.25) is 5.91 Å². The Balaban J connectivity index is 2.20. The van der Waals surface area contributed by atoms with Gasteiger partial charge in [0, 0.05) is 5.02 Å². The van der Waals surface area contributed by atoms with Crippen LogP contribution in [0.25, 0.3) is 11.1 Å².